The van der Waals surface area contributed by atoms with Gasteiger partial charge < -0.3 is 15.0 Å². The molecule has 0 aromatic carbocycles. The number of nitrogens with zero attached hydrogens (tertiary/aromatic N) is 1. The minimum atomic E-state index is 0.401. The van der Waals surface area contributed by atoms with Crippen molar-refractivity contribution in [3.05, 3.63) is 0 Å². The van der Waals surface area contributed by atoms with Crippen molar-refractivity contribution in [3.8, 4) is 0 Å². The van der Waals surface area contributed by atoms with Crippen molar-refractivity contribution in [2.45, 2.75) is 45.8 Å². The van der Waals surface area contributed by atoms with Crippen LogP contribution in [-0.4, -0.2) is 49.8 Å². The molecule has 1 N–H and O–H groups in total. The summed E-state index contributed by atoms with van der Waals surface area (Å²) >= 11 is 0. The molecule has 0 aromatic rings. The number of nitrogens with one attached hydrogen (secondary N) is 1. The summed E-state index contributed by atoms with van der Waals surface area (Å²) in [5.74, 6) is 0. The molecule has 0 unspecified atom stereocenters. The molecule has 1 fully saturated rings. The molecule has 1 saturated heterocycles. The molecule has 2 atom stereocenters. The van der Waals surface area contributed by atoms with Crippen LogP contribution in [0.2, 0.25) is 0 Å². The number of rotatable bonds is 7. The lowest BCUT2D eigenvalue weighted by molar-refractivity contribution is 0.113. The van der Waals surface area contributed by atoms with Crippen molar-refractivity contribution < 1.29 is 4.74 Å². The van der Waals surface area contributed by atoms with Gasteiger partial charge in [0.05, 0.1) is 6.10 Å². The highest BCUT2D eigenvalue weighted by Gasteiger charge is 2.22. The Bertz CT molecular complexity index is 160. The van der Waals surface area contributed by atoms with Gasteiger partial charge in [-0.1, -0.05) is 13.8 Å². The molecule has 3 heteroatoms. The van der Waals surface area contributed by atoms with Gasteiger partial charge in [0.1, 0.15) is 0 Å². The van der Waals surface area contributed by atoms with Gasteiger partial charge in [-0.2, -0.15) is 0 Å². The van der Waals surface area contributed by atoms with E-state index in [9.17, 15) is 0 Å². The predicted molar refractivity (Wildman–Crippen MR) is 64.2 cm³/mol. The second-order valence-electron chi connectivity index (χ2n) is 4.31. The molecular weight excluding hydrogens is 188 g/mol. The Morgan fingerprint density at radius 3 is 2.60 bits per heavy atom. The molecule has 0 aliphatic carbocycles. The molecule has 0 bridgehead atoms. The summed E-state index contributed by atoms with van der Waals surface area (Å²) in [4.78, 5) is 2.47. The van der Waals surface area contributed by atoms with Gasteiger partial charge in [-0.05, 0) is 45.9 Å². The fraction of sp³-hybridized carbons (Fsp3) is 1.00. The maximum Gasteiger partial charge on any atom is 0.0700 e. The summed E-state index contributed by atoms with van der Waals surface area (Å²) in [6.07, 6.45) is 2.82. The predicted octanol–water partition coefficient (Wildman–Crippen LogP) is 1.49. The van der Waals surface area contributed by atoms with Crippen molar-refractivity contribution in [2.75, 3.05) is 32.8 Å². The smallest absolute Gasteiger partial charge is 0.0700 e. The van der Waals surface area contributed by atoms with Crippen LogP contribution in [0.4, 0.5) is 0 Å². The maximum absolute atomic E-state index is 5.51. The Morgan fingerprint density at radius 1 is 1.33 bits per heavy atom. The molecule has 0 spiro atoms. The van der Waals surface area contributed by atoms with Gasteiger partial charge in [-0.3, -0.25) is 0 Å². The van der Waals surface area contributed by atoms with E-state index in [0.717, 1.165) is 13.2 Å². The fourth-order valence-electron chi connectivity index (χ4n) is 2.13. The van der Waals surface area contributed by atoms with E-state index in [0.29, 0.717) is 12.1 Å². The topological polar surface area (TPSA) is 24.5 Å². The van der Waals surface area contributed by atoms with Gasteiger partial charge in [0.2, 0.25) is 0 Å². The lowest BCUT2D eigenvalue weighted by Gasteiger charge is -2.20. The second-order valence-corrected chi connectivity index (χ2v) is 4.31. The minimum absolute atomic E-state index is 0.401. The monoisotopic (exact) mass is 214 g/mol. The first kappa shape index (κ1) is 12.9. The van der Waals surface area contributed by atoms with E-state index in [1.54, 1.807) is 0 Å². The van der Waals surface area contributed by atoms with Crippen LogP contribution in [0.15, 0.2) is 0 Å². The van der Waals surface area contributed by atoms with Crippen molar-refractivity contribution >= 4 is 0 Å². The largest absolute Gasteiger partial charge is 0.377 e. The normalized spacial score (nSPS) is 26.4. The molecule has 0 saturated carbocycles. The molecular formula is C12H26N2O. The highest BCUT2D eigenvalue weighted by molar-refractivity contribution is 4.78. The summed E-state index contributed by atoms with van der Waals surface area (Å²) in [6, 6.07) is 0.585. The molecule has 15 heavy (non-hydrogen) atoms. The average molecular weight is 214 g/mol. The molecule has 3 nitrogen and oxygen atoms in total. The first-order chi connectivity index (χ1) is 7.27. The standard InChI is InChI=1S/C12H26N2O/c1-4-14(5-2)9-6-8-13-12-7-10-15-11(12)3/h11-13H,4-10H2,1-3H3/t11-,12-/m1/s1. The van der Waals surface area contributed by atoms with Gasteiger partial charge in [-0.15, -0.1) is 0 Å². The molecule has 1 rings (SSSR count). The molecule has 1 aliphatic rings. The zero-order chi connectivity index (χ0) is 11.1. The first-order valence-corrected chi connectivity index (χ1v) is 6.35. The van der Waals surface area contributed by atoms with Crippen LogP contribution in [0.3, 0.4) is 0 Å². The van der Waals surface area contributed by atoms with Crippen molar-refractivity contribution in [1.82, 2.24) is 10.2 Å². The zero-order valence-corrected chi connectivity index (χ0v) is 10.5. The highest BCUT2D eigenvalue weighted by atomic mass is 16.5. The number of hydrogen-bond donors (Lipinski definition) is 1. The van der Waals surface area contributed by atoms with Gasteiger partial charge >= 0.3 is 0 Å². The zero-order valence-electron chi connectivity index (χ0n) is 10.5. The Morgan fingerprint density at radius 2 is 2.07 bits per heavy atom. The second kappa shape index (κ2) is 7.20. The van der Waals surface area contributed by atoms with Gasteiger partial charge in [-0.25, -0.2) is 0 Å². The van der Waals surface area contributed by atoms with Crippen LogP contribution in [-0.2, 0) is 4.74 Å². The lowest BCUT2D eigenvalue weighted by atomic mass is 10.1. The van der Waals surface area contributed by atoms with E-state index in [4.69, 9.17) is 4.74 Å². The average Bonchev–Trinajstić information content (AvgIpc) is 2.65. The number of hydrogen-bond acceptors (Lipinski definition) is 3. The Balaban J connectivity index is 2.01. The van der Waals surface area contributed by atoms with E-state index in [-0.39, 0.29) is 0 Å². The van der Waals surface area contributed by atoms with Crippen LogP contribution in [0.1, 0.15) is 33.6 Å². The summed E-state index contributed by atoms with van der Waals surface area (Å²) < 4.78 is 5.51. The van der Waals surface area contributed by atoms with Crippen molar-refractivity contribution in [2.24, 2.45) is 0 Å². The first-order valence-electron chi connectivity index (χ1n) is 6.35. The minimum Gasteiger partial charge on any atom is -0.377 e. The maximum atomic E-state index is 5.51. The van der Waals surface area contributed by atoms with Crippen molar-refractivity contribution in [1.29, 1.82) is 0 Å². The number of ether oxygens (including phenoxy) is 1. The third-order valence-electron chi connectivity index (χ3n) is 3.33. The van der Waals surface area contributed by atoms with E-state index in [1.165, 1.54) is 32.5 Å². The summed E-state index contributed by atoms with van der Waals surface area (Å²) in [5, 5.41) is 3.58. The lowest BCUT2D eigenvalue weighted by Crippen LogP contribution is -2.36. The van der Waals surface area contributed by atoms with E-state index < -0.39 is 0 Å². The summed E-state index contributed by atoms with van der Waals surface area (Å²) in [7, 11) is 0. The molecule has 90 valence electrons. The summed E-state index contributed by atoms with van der Waals surface area (Å²) in [5.41, 5.74) is 0. The Kier molecular flexibility index (Phi) is 6.22. The van der Waals surface area contributed by atoms with Gasteiger partial charge in [0.25, 0.3) is 0 Å². The van der Waals surface area contributed by atoms with Gasteiger partial charge in [0, 0.05) is 12.6 Å². The van der Waals surface area contributed by atoms with E-state index >= 15 is 0 Å². The van der Waals surface area contributed by atoms with E-state index in [2.05, 4.69) is 31.0 Å². The molecule has 0 aromatic heterocycles. The molecule has 0 amide bonds. The quantitative estimate of drug-likeness (QED) is 0.650. The Hall–Kier alpha value is -0.120. The van der Waals surface area contributed by atoms with Crippen LogP contribution >= 0.6 is 0 Å². The third-order valence-corrected chi connectivity index (χ3v) is 3.33. The van der Waals surface area contributed by atoms with Crippen LogP contribution < -0.4 is 5.32 Å². The summed E-state index contributed by atoms with van der Waals surface area (Å²) in [6.45, 7) is 12.2. The molecule has 1 aliphatic heterocycles. The molecule has 0 radical (unpaired) electrons. The van der Waals surface area contributed by atoms with E-state index in [1.807, 2.05) is 0 Å². The molecule has 1 heterocycles. The Labute approximate surface area is 94.2 Å². The third kappa shape index (κ3) is 4.49. The SMILES string of the molecule is CCN(CC)CCCN[C@@H]1CCO[C@@H]1C. The van der Waals surface area contributed by atoms with Crippen LogP contribution in [0.25, 0.3) is 0 Å². The van der Waals surface area contributed by atoms with Crippen molar-refractivity contribution in [3.63, 3.8) is 0 Å². The van der Waals surface area contributed by atoms with Gasteiger partial charge in [0.15, 0.2) is 0 Å². The van der Waals surface area contributed by atoms with Crippen LogP contribution in [0.5, 0.6) is 0 Å². The van der Waals surface area contributed by atoms with Crippen LogP contribution in [0, 0.1) is 0 Å². The highest BCUT2D eigenvalue weighted by Crippen LogP contribution is 2.12. The fourth-order valence-corrected chi connectivity index (χ4v) is 2.13.